The second kappa shape index (κ2) is 10.1. The molecule has 2 aromatic carbocycles. The Balaban J connectivity index is 1.41. The first-order valence-electron chi connectivity index (χ1n) is 10.7. The summed E-state index contributed by atoms with van der Waals surface area (Å²) in [6, 6.07) is 13.2. The van der Waals surface area contributed by atoms with Crippen molar-refractivity contribution in [1.29, 1.82) is 0 Å². The number of hydrogen-bond donors (Lipinski definition) is 3. The number of amides is 2. The Hall–Kier alpha value is -2.94. The molecular weight excluding hydrogens is 428 g/mol. The van der Waals surface area contributed by atoms with E-state index >= 15 is 0 Å². The average Bonchev–Trinajstić information content (AvgIpc) is 3.20. The fraction of sp³-hybridized carbons (Fsp3) is 0.348. The van der Waals surface area contributed by atoms with Gasteiger partial charge in [-0.15, -0.1) is 11.6 Å². The van der Waals surface area contributed by atoms with Crippen LogP contribution in [0.25, 0.3) is 10.9 Å². The number of carbonyl (C=O) groups excluding carboxylic acids is 2. The molecule has 1 aliphatic rings. The molecule has 0 spiro atoms. The van der Waals surface area contributed by atoms with E-state index in [-0.39, 0.29) is 29.8 Å². The maximum absolute atomic E-state index is 12.8. The number of nitrogens with one attached hydrogen (secondary N) is 3. The number of carbonyl (C=O) groups is 2. The molecule has 1 saturated heterocycles. The molecule has 168 valence electrons. The standard InChI is InChI=1S/C23H27ClN6O2/c1-29-10-12-30(13-11-29)15-16-2-4-17(5-3-16)26-23(32)22-19-14-18(25-21(31)8-9-24)6-7-20(19)27-28-22/h2-7,14H,8-13,15H2,1H3,(H,25,31)(H,26,32)(H,27,28). The van der Waals surface area contributed by atoms with Crippen LogP contribution in [0.15, 0.2) is 42.5 Å². The highest BCUT2D eigenvalue weighted by atomic mass is 35.5. The van der Waals surface area contributed by atoms with Gasteiger partial charge in [0, 0.05) is 61.8 Å². The number of rotatable bonds is 7. The Morgan fingerprint density at radius 3 is 2.47 bits per heavy atom. The van der Waals surface area contributed by atoms with E-state index in [9.17, 15) is 9.59 Å². The number of likely N-dealkylation sites (N-methyl/N-ethyl adjacent to an activating group) is 1. The maximum Gasteiger partial charge on any atom is 0.276 e. The summed E-state index contributed by atoms with van der Waals surface area (Å²) in [5.74, 6) is -0.237. The number of aromatic amines is 1. The van der Waals surface area contributed by atoms with Crippen LogP contribution in [0.4, 0.5) is 11.4 Å². The third-order valence-electron chi connectivity index (χ3n) is 5.60. The molecule has 3 N–H and O–H groups in total. The van der Waals surface area contributed by atoms with Crippen LogP contribution in [-0.4, -0.2) is 70.9 Å². The first-order valence-corrected chi connectivity index (χ1v) is 11.2. The monoisotopic (exact) mass is 454 g/mol. The van der Waals surface area contributed by atoms with Gasteiger partial charge in [-0.2, -0.15) is 5.10 Å². The van der Waals surface area contributed by atoms with Gasteiger partial charge in [0.25, 0.3) is 5.91 Å². The topological polar surface area (TPSA) is 93.4 Å². The zero-order valence-electron chi connectivity index (χ0n) is 18.0. The minimum atomic E-state index is -0.313. The fourth-order valence-corrected chi connectivity index (χ4v) is 3.89. The van der Waals surface area contributed by atoms with E-state index in [0.29, 0.717) is 22.3 Å². The van der Waals surface area contributed by atoms with Crippen molar-refractivity contribution in [2.75, 3.05) is 49.7 Å². The smallest absolute Gasteiger partial charge is 0.276 e. The van der Waals surface area contributed by atoms with E-state index in [0.717, 1.165) is 32.7 Å². The number of alkyl halides is 1. The van der Waals surface area contributed by atoms with Crippen molar-refractivity contribution in [3.63, 3.8) is 0 Å². The van der Waals surface area contributed by atoms with Gasteiger partial charge in [-0.1, -0.05) is 12.1 Å². The number of nitrogens with zero attached hydrogens (tertiary/aromatic N) is 3. The lowest BCUT2D eigenvalue weighted by Gasteiger charge is -2.32. The van der Waals surface area contributed by atoms with Crippen molar-refractivity contribution in [1.82, 2.24) is 20.0 Å². The fourth-order valence-electron chi connectivity index (χ4n) is 3.72. The number of piperazine rings is 1. The van der Waals surface area contributed by atoms with Crippen LogP contribution in [0.2, 0.25) is 0 Å². The summed E-state index contributed by atoms with van der Waals surface area (Å²) in [5.41, 5.74) is 3.51. The highest BCUT2D eigenvalue weighted by Gasteiger charge is 2.16. The quantitative estimate of drug-likeness (QED) is 0.477. The number of anilines is 2. The Morgan fingerprint density at radius 2 is 1.75 bits per heavy atom. The number of benzene rings is 2. The predicted octanol–water partition coefficient (Wildman–Crippen LogP) is 3.13. The van der Waals surface area contributed by atoms with Gasteiger partial charge < -0.3 is 15.5 Å². The molecule has 2 amide bonds. The second-order valence-corrected chi connectivity index (χ2v) is 8.43. The molecule has 0 atom stereocenters. The van der Waals surface area contributed by atoms with Crippen molar-refractivity contribution in [3.8, 4) is 0 Å². The van der Waals surface area contributed by atoms with Crippen LogP contribution < -0.4 is 10.6 Å². The number of fused-ring (bicyclic) bond motifs is 1. The lowest BCUT2D eigenvalue weighted by atomic mass is 10.1. The molecule has 0 unspecified atom stereocenters. The molecule has 2 heterocycles. The molecule has 1 aromatic heterocycles. The highest BCUT2D eigenvalue weighted by molar-refractivity contribution is 6.19. The largest absolute Gasteiger partial charge is 0.326 e. The van der Waals surface area contributed by atoms with Crippen LogP contribution in [0, 0.1) is 0 Å². The average molecular weight is 455 g/mol. The van der Waals surface area contributed by atoms with Crippen LogP contribution in [0.3, 0.4) is 0 Å². The van der Waals surface area contributed by atoms with Gasteiger partial charge in [-0.25, -0.2) is 0 Å². The molecule has 1 fully saturated rings. The minimum Gasteiger partial charge on any atom is -0.326 e. The second-order valence-electron chi connectivity index (χ2n) is 8.05. The molecule has 0 aliphatic carbocycles. The van der Waals surface area contributed by atoms with Gasteiger partial charge in [0.2, 0.25) is 5.91 Å². The van der Waals surface area contributed by atoms with Crippen LogP contribution in [-0.2, 0) is 11.3 Å². The Morgan fingerprint density at radius 1 is 1.03 bits per heavy atom. The molecule has 8 nitrogen and oxygen atoms in total. The first-order chi connectivity index (χ1) is 15.5. The number of H-pyrrole nitrogens is 1. The lowest BCUT2D eigenvalue weighted by molar-refractivity contribution is -0.115. The lowest BCUT2D eigenvalue weighted by Crippen LogP contribution is -2.43. The summed E-state index contributed by atoms with van der Waals surface area (Å²) in [4.78, 5) is 29.4. The minimum absolute atomic E-state index is 0.175. The van der Waals surface area contributed by atoms with Gasteiger partial charge in [0.05, 0.1) is 5.52 Å². The summed E-state index contributed by atoms with van der Waals surface area (Å²) < 4.78 is 0. The molecule has 4 rings (SSSR count). The van der Waals surface area contributed by atoms with E-state index in [2.05, 4.69) is 37.7 Å². The van der Waals surface area contributed by atoms with E-state index in [1.807, 2.05) is 24.3 Å². The van der Waals surface area contributed by atoms with Crippen molar-refractivity contribution in [2.45, 2.75) is 13.0 Å². The summed E-state index contributed by atoms with van der Waals surface area (Å²) in [5, 5.41) is 13.4. The van der Waals surface area contributed by atoms with Gasteiger partial charge in [-0.05, 0) is 42.9 Å². The van der Waals surface area contributed by atoms with Gasteiger partial charge in [0.1, 0.15) is 0 Å². The van der Waals surface area contributed by atoms with E-state index in [4.69, 9.17) is 11.6 Å². The third-order valence-corrected chi connectivity index (χ3v) is 5.79. The molecule has 1 aliphatic heterocycles. The van der Waals surface area contributed by atoms with E-state index < -0.39 is 0 Å². The Labute approximate surface area is 191 Å². The SMILES string of the molecule is CN1CCN(Cc2ccc(NC(=O)c3n[nH]c4ccc(NC(=O)CCCl)cc34)cc2)CC1. The van der Waals surface area contributed by atoms with Gasteiger partial charge >= 0.3 is 0 Å². The number of hydrogen-bond acceptors (Lipinski definition) is 5. The zero-order valence-corrected chi connectivity index (χ0v) is 18.8. The third kappa shape index (κ3) is 5.45. The molecule has 32 heavy (non-hydrogen) atoms. The summed E-state index contributed by atoms with van der Waals surface area (Å²) in [7, 11) is 2.15. The summed E-state index contributed by atoms with van der Waals surface area (Å²) in [6.07, 6.45) is 0.225. The van der Waals surface area contributed by atoms with Crippen molar-refractivity contribution >= 4 is 45.7 Å². The van der Waals surface area contributed by atoms with Crippen molar-refractivity contribution in [3.05, 3.63) is 53.7 Å². The maximum atomic E-state index is 12.8. The molecule has 9 heteroatoms. The predicted molar refractivity (Wildman–Crippen MR) is 127 cm³/mol. The van der Waals surface area contributed by atoms with Gasteiger partial charge in [-0.3, -0.25) is 19.6 Å². The van der Waals surface area contributed by atoms with E-state index in [1.165, 1.54) is 5.56 Å². The molecule has 0 saturated carbocycles. The van der Waals surface area contributed by atoms with Crippen molar-refractivity contribution in [2.24, 2.45) is 0 Å². The molecule has 0 radical (unpaired) electrons. The number of aromatic nitrogens is 2. The summed E-state index contributed by atoms with van der Waals surface area (Å²) in [6.45, 7) is 5.21. The normalized spacial score (nSPS) is 15.1. The van der Waals surface area contributed by atoms with Crippen LogP contribution >= 0.6 is 11.6 Å². The molecular formula is C23H27ClN6O2. The number of halogens is 1. The van der Waals surface area contributed by atoms with Crippen molar-refractivity contribution < 1.29 is 9.59 Å². The van der Waals surface area contributed by atoms with E-state index in [1.54, 1.807) is 18.2 Å². The zero-order chi connectivity index (χ0) is 22.5. The first kappa shape index (κ1) is 22.3. The Bertz CT molecular complexity index is 1090. The van der Waals surface area contributed by atoms with Crippen LogP contribution in [0.5, 0.6) is 0 Å². The summed E-state index contributed by atoms with van der Waals surface area (Å²) >= 11 is 5.61. The molecule has 0 bridgehead atoms. The Kier molecular flexibility index (Phi) is 7.04. The van der Waals surface area contributed by atoms with Crippen LogP contribution in [0.1, 0.15) is 22.5 Å². The molecule has 3 aromatic rings. The highest BCUT2D eigenvalue weighted by Crippen LogP contribution is 2.22. The van der Waals surface area contributed by atoms with Gasteiger partial charge in [0.15, 0.2) is 5.69 Å².